The van der Waals surface area contributed by atoms with Crippen molar-refractivity contribution in [3.63, 3.8) is 0 Å². The van der Waals surface area contributed by atoms with Crippen LogP contribution < -0.4 is 10.5 Å². The maximum Gasteiger partial charge on any atom is 0.119 e. The number of unbranched alkanes of at least 4 members (excludes halogenated alkanes) is 9. The summed E-state index contributed by atoms with van der Waals surface area (Å²) in [5.74, 6) is 0.998. The van der Waals surface area contributed by atoms with Gasteiger partial charge in [0.05, 0.1) is 6.61 Å². The van der Waals surface area contributed by atoms with E-state index in [1.54, 1.807) is 0 Å². The third kappa shape index (κ3) is 10.4. The largest absolute Gasteiger partial charge is 0.494 e. The summed E-state index contributed by atoms with van der Waals surface area (Å²) < 4.78 is 5.73. The zero-order chi connectivity index (χ0) is 15.2. The molecule has 0 atom stereocenters. The van der Waals surface area contributed by atoms with Crippen molar-refractivity contribution in [2.75, 3.05) is 13.2 Å². The molecule has 0 heterocycles. The highest BCUT2D eigenvalue weighted by Gasteiger charge is 1.95. The molecule has 21 heavy (non-hydrogen) atoms. The summed E-state index contributed by atoms with van der Waals surface area (Å²) in [6, 6.07) is 8.31. The standard InChI is InChI=1S/C19H33NO/c1-18-12-14-19(15-13-18)21-17-11-9-7-5-3-2-4-6-8-10-16-20/h12-15H,2-11,16-17,20H2,1H3. The average Bonchev–Trinajstić information content (AvgIpc) is 2.50. The van der Waals surface area contributed by atoms with E-state index < -0.39 is 0 Å². The highest BCUT2D eigenvalue weighted by Crippen LogP contribution is 2.13. The summed E-state index contributed by atoms with van der Waals surface area (Å²) >= 11 is 0. The minimum absolute atomic E-state index is 0.849. The molecule has 0 aliphatic carbocycles. The van der Waals surface area contributed by atoms with Crippen molar-refractivity contribution < 1.29 is 4.74 Å². The Bertz CT molecular complexity index is 334. The van der Waals surface area contributed by atoms with Gasteiger partial charge in [-0.2, -0.15) is 0 Å². The summed E-state index contributed by atoms with van der Waals surface area (Å²) in [5, 5.41) is 0. The van der Waals surface area contributed by atoms with Crippen molar-refractivity contribution in [2.24, 2.45) is 5.73 Å². The minimum atomic E-state index is 0.849. The topological polar surface area (TPSA) is 35.2 Å². The van der Waals surface area contributed by atoms with Crippen LogP contribution in [0.25, 0.3) is 0 Å². The Kier molecular flexibility index (Phi) is 10.9. The monoisotopic (exact) mass is 291 g/mol. The molecule has 120 valence electrons. The van der Waals surface area contributed by atoms with E-state index in [1.165, 1.54) is 69.8 Å². The summed E-state index contributed by atoms with van der Waals surface area (Å²) in [4.78, 5) is 0. The Hall–Kier alpha value is -1.02. The molecule has 2 N–H and O–H groups in total. The molecule has 1 aromatic carbocycles. The van der Waals surface area contributed by atoms with Crippen molar-refractivity contribution in [3.05, 3.63) is 29.8 Å². The number of rotatable bonds is 13. The Morgan fingerprint density at radius 1 is 0.714 bits per heavy atom. The van der Waals surface area contributed by atoms with Crippen molar-refractivity contribution in [2.45, 2.75) is 71.1 Å². The first-order valence-electron chi connectivity index (χ1n) is 8.72. The van der Waals surface area contributed by atoms with Crippen LogP contribution in [0, 0.1) is 6.92 Å². The summed E-state index contributed by atoms with van der Waals surface area (Å²) in [5.41, 5.74) is 6.77. The molecule has 1 aromatic rings. The van der Waals surface area contributed by atoms with E-state index in [2.05, 4.69) is 31.2 Å². The van der Waals surface area contributed by atoms with Gasteiger partial charge in [-0.1, -0.05) is 69.1 Å². The molecule has 0 bridgehead atoms. The molecule has 0 aliphatic heterocycles. The van der Waals surface area contributed by atoms with Gasteiger partial charge in [0.2, 0.25) is 0 Å². The lowest BCUT2D eigenvalue weighted by molar-refractivity contribution is 0.304. The van der Waals surface area contributed by atoms with Crippen molar-refractivity contribution >= 4 is 0 Å². The first-order valence-corrected chi connectivity index (χ1v) is 8.72. The van der Waals surface area contributed by atoms with E-state index >= 15 is 0 Å². The molecule has 1 rings (SSSR count). The van der Waals surface area contributed by atoms with E-state index in [0.29, 0.717) is 0 Å². The molecule has 0 amide bonds. The number of aryl methyl sites for hydroxylation is 1. The highest BCUT2D eigenvalue weighted by atomic mass is 16.5. The van der Waals surface area contributed by atoms with Crippen molar-refractivity contribution in [1.82, 2.24) is 0 Å². The quantitative estimate of drug-likeness (QED) is 0.505. The molecule has 0 unspecified atom stereocenters. The Morgan fingerprint density at radius 2 is 1.19 bits per heavy atom. The van der Waals surface area contributed by atoms with Gasteiger partial charge in [-0.3, -0.25) is 0 Å². The lowest BCUT2D eigenvalue weighted by Crippen LogP contribution is -1.97. The van der Waals surface area contributed by atoms with Crippen molar-refractivity contribution in [1.29, 1.82) is 0 Å². The molecule has 0 fully saturated rings. The molecular weight excluding hydrogens is 258 g/mol. The molecule has 2 nitrogen and oxygen atoms in total. The highest BCUT2D eigenvalue weighted by molar-refractivity contribution is 5.26. The maximum atomic E-state index is 5.73. The van der Waals surface area contributed by atoms with Gasteiger partial charge in [-0.25, -0.2) is 0 Å². The van der Waals surface area contributed by atoms with E-state index in [4.69, 9.17) is 10.5 Å². The lowest BCUT2D eigenvalue weighted by Gasteiger charge is -2.06. The van der Waals surface area contributed by atoms with Crippen LogP contribution in [0.4, 0.5) is 0 Å². The third-order valence-corrected chi connectivity index (χ3v) is 3.89. The SMILES string of the molecule is Cc1ccc(OCCCCCCCCCCCCN)cc1. The fourth-order valence-electron chi connectivity index (χ4n) is 2.49. The molecule has 0 aromatic heterocycles. The second-order valence-electron chi connectivity index (χ2n) is 5.99. The van der Waals surface area contributed by atoms with Crippen LogP contribution in [0.3, 0.4) is 0 Å². The predicted molar refractivity (Wildman–Crippen MR) is 91.9 cm³/mol. The van der Waals surface area contributed by atoms with Gasteiger partial charge in [0.25, 0.3) is 0 Å². The van der Waals surface area contributed by atoms with Crippen LogP contribution in [0.1, 0.15) is 69.8 Å². The predicted octanol–water partition coefficient (Wildman–Crippen LogP) is 5.23. The van der Waals surface area contributed by atoms with Gasteiger partial charge in [0.1, 0.15) is 5.75 Å². The normalized spacial score (nSPS) is 10.8. The maximum absolute atomic E-state index is 5.73. The van der Waals surface area contributed by atoms with Crippen molar-refractivity contribution in [3.8, 4) is 5.75 Å². The summed E-state index contributed by atoms with van der Waals surface area (Å²) in [6.45, 7) is 3.80. The fraction of sp³-hybridized carbons (Fsp3) is 0.684. The number of hydrogen-bond acceptors (Lipinski definition) is 2. The number of hydrogen-bond donors (Lipinski definition) is 1. The van der Waals surface area contributed by atoms with Gasteiger partial charge in [0, 0.05) is 0 Å². The zero-order valence-electron chi connectivity index (χ0n) is 13.8. The van der Waals surface area contributed by atoms with Crippen LogP contribution in [0.2, 0.25) is 0 Å². The Balaban J connectivity index is 1.81. The van der Waals surface area contributed by atoms with E-state index in [1.807, 2.05) is 0 Å². The van der Waals surface area contributed by atoms with Crippen LogP contribution in [0.15, 0.2) is 24.3 Å². The average molecular weight is 291 g/mol. The van der Waals surface area contributed by atoms with E-state index in [9.17, 15) is 0 Å². The first kappa shape index (κ1) is 18.0. The molecule has 0 spiro atoms. The molecule has 0 aliphatic rings. The van der Waals surface area contributed by atoms with Crippen LogP contribution in [0.5, 0.6) is 5.75 Å². The van der Waals surface area contributed by atoms with Gasteiger partial charge >= 0.3 is 0 Å². The van der Waals surface area contributed by atoms with E-state index in [0.717, 1.165) is 18.9 Å². The van der Waals surface area contributed by atoms with Gasteiger partial charge in [-0.15, -0.1) is 0 Å². The molecule has 0 saturated carbocycles. The second-order valence-corrected chi connectivity index (χ2v) is 5.99. The molecular formula is C19H33NO. The fourth-order valence-corrected chi connectivity index (χ4v) is 2.49. The van der Waals surface area contributed by atoms with E-state index in [-0.39, 0.29) is 0 Å². The minimum Gasteiger partial charge on any atom is -0.494 e. The number of benzene rings is 1. The molecule has 0 radical (unpaired) electrons. The molecule has 0 saturated heterocycles. The summed E-state index contributed by atoms with van der Waals surface area (Å²) in [7, 11) is 0. The second kappa shape index (κ2) is 12.7. The first-order chi connectivity index (χ1) is 10.3. The number of nitrogens with two attached hydrogens (primary N) is 1. The smallest absolute Gasteiger partial charge is 0.119 e. The Morgan fingerprint density at radius 3 is 1.71 bits per heavy atom. The van der Waals surface area contributed by atoms with Gasteiger partial charge < -0.3 is 10.5 Å². The molecule has 2 heteroatoms. The number of ether oxygens (including phenoxy) is 1. The van der Waals surface area contributed by atoms with Gasteiger partial charge in [-0.05, 0) is 38.4 Å². The summed E-state index contributed by atoms with van der Waals surface area (Å²) in [6.07, 6.45) is 13.2. The Labute approximate surface area is 131 Å². The van der Waals surface area contributed by atoms with Crippen LogP contribution in [-0.4, -0.2) is 13.2 Å². The zero-order valence-corrected chi connectivity index (χ0v) is 13.8. The van der Waals surface area contributed by atoms with Crippen LogP contribution in [-0.2, 0) is 0 Å². The van der Waals surface area contributed by atoms with Crippen LogP contribution >= 0.6 is 0 Å². The lowest BCUT2D eigenvalue weighted by atomic mass is 10.1. The van der Waals surface area contributed by atoms with Gasteiger partial charge in [0.15, 0.2) is 0 Å². The third-order valence-electron chi connectivity index (χ3n) is 3.89.